The molecule has 0 unspecified atom stereocenters. The van der Waals surface area contributed by atoms with Gasteiger partial charge < -0.3 is 9.80 Å². The van der Waals surface area contributed by atoms with E-state index in [2.05, 4.69) is 5.10 Å². The van der Waals surface area contributed by atoms with Crippen LogP contribution >= 0.6 is 11.6 Å². The van der Waals surface area contributed by atoms with E-state index in [9.17, 15) is 9.59 Å². The van der Waals surface area contributed by atoms with E-state index in [0.717, 1.165) is 0 Å². The molecule has 0 aliphatic carbocycles. The Morgan fingerprint density at radius 1 is 1.47 bits per heavy atom. The van der Waals surface area contributed by atoms with Crippen molar-refractivity contribution < 1.29 is 4.79 Å². The van der Waals surface area contributed by atoms with Crippen LogP contribution in [0.3, 0.4) is 0 Å². The Hall–Kier alpha value is -1.56. The van der Waals surface area contributed by atoms with E-state index < -0.39 is 0 Å². The van der Waals surface area contributed by atoms with Crippen LogP contribution in [-0.2, 0) is 11.8 Å². The van der Waals surface area contributed by atoms with Gasteiger partial charge in [0.05, 0.1) is 25.1 Å². The molecule has 92 valence electrons. The number of halogens is 1. The normalized spacial score (nSPS) is 15.8. The maximum Gasteiger partial charge on any atom is 0.287 e. The first-order chi connectivity index (χ1) is 8.04. The van der Waals surface area contributed by atoms with Gasteiger partial charge in [0.1, 0.15) is 5.02 Å². The second kappa shape index (κ2) is 4.37. The lowest BCUT2D eigenvalue weighted by Crippen LogP contribution is -2.29. The number of aryl methyl sites for hydroxylation is 1. The van der Waals surface area contributed by atoms with Gasteiger partial charge in [-0.15, -0.1) is 0 Å². The third kappa shape index (κ3) is 2.00. The maximum atomic E-state index is 11.6. The van der Waals surface area contributed by atoms with Gasteiger partial charge in [-0.3, -0.25) is 9.59 Å². The maximum absolute atomic E-state index is 11.6. The van der Waals surface area contributed by atoms with E-state index in [1.165, 1.54) is 17.9 Å². The second-order valence-corrected chi connectivity index (χ2v) is 4.24. The summed E-state index contributed by atoms with van der Waals surface area (Å²) < 4.78 is 1.17. The average molecular weight is 257 g/mol. The van der Waals surface area contributed by atoms with E-state index in [1.54, 1.807) is 9.80 Å². The van der Waals surface area contributed by atoms with Crippen LogP contribution in [0.2, 0.25) is 5.02 Å². The highest BCUT2D eigenvalue weighted by atomic mass is 35.5. The van der Waals surface area contributed by atoms with Gasteiger partial charge >= 0.3 is 0 Å². The zero-order chi connectivity index (χ0) is 12.6. The second-order valence-electron chi connectivity index (χ2n) is 3.86. The highest BCUT2D eigenvalue weighted by Gasteiger charge is 2.28. The lowest BCUT2D eigenvalue weighted by atomic mass is 10.4. The van der Waals surface area contributed by atoms with Crippen molar-refractivity contribution in [2.24, 2.45) is 7.05 Å². The number of carbonyl (C=O) groups is 1. The Labute approximate surface area is 103 Å². The Morgan fingerprint density at radius 3 is 2.76 bits per heavy atom. The van der Waals surface area contributed by atoms with E-state index in [-0.39, 0.29) is 23.0 Å². The number of nitrogens with zero attached hydrogens (tertiary/aromatic N) is 4. The van der Waals surface area contributed by atoms with Gasteiger partial charge in [-0.05, 0) is 6.92 Å². The van der Waals surface area contributed by atoms with Crippen molar-refractivity contribution in [1.29, 1.82) is 0 Å². The summed E-state index contributed by atoms with van der Waals surface area (Å²) in [5.74, 6) is 0.0317. The Balaban J connectivity index is 2.34. The Bertz CT molecular complexity index is 514. The summed E-state index contributed by atoms with van der Waals surface area (Å²) in [6.45, 7) is 3.24. The molecule has 0 spiro atoms. The Kier molecular flexibility index (Phi) is 3.06. The van der Waals surface area contributed by atoms with Crippen molar-refractivity contribution >= 4 is 23.2 Å². The molecule has 0 atom stereocenters. The molecule has 0 aromatic carbocycles. The number of anilines is 1. The van der Waals surface area contributed by atoms with E-state index in [1.807, 2.05) is 6.92 Å². The van der Waals surface area contributed by atoms with E-state index >= 15 is 0 Å². The van der Waals surface area contributed by atoms with Crippen molar-refractivity contribution in [3.8, 4) is 0 Å². The van der Waals surface area contributed by atoms with Crippen LogP contribution in [-0.4, -0.2) is 40.3 Å². The number of likely N-dealkylation sites (N-methyl/N-ethyl adjacent to an activating group) is 1. The van der Waals surface area contributed by atoms with Gasteiger partial charge in [0, 0.05) is 13.6 Å². The van der Waals surface area contributed by atoms with Crippen molar-refractivity contribution in [1.82, 2.24) is 14.7 Å². The molecule has 0 radical (unpaired) electrons. The first kappa shape index (κ1) is 11.9. The number of aromatic nitrogens is 2. The molecule has 1 amide bonds. The SMILES string of the molecule is CCN1CN(c2cnn(C)c(=O)c2Cl)CC1=O. The molecule has 1 aromatic heterocycles. The quantitative estimate of drug-likeness (QED) is 0.751. The molecular weight excluding hydrogens is 244 g/mol. The van der Waals surface area contributed by atoms with Crippen LogP contribution in [0.25, 0.3) is 0 Å². The van der Waals surface area contributed by atoms with Crippen molar-refractivity contribution in [3.63, 3.8) is 0 Å². The molecule has 2 heterocycles. The van der Waals surface area contributed by atoms with Crippen LogP contribution in [0.1, 0.15) is 6.92 Å². The van der Waals surface area contributed by atoms with Crippen molar-refractivity contribution in [2.45, 2.75) is 6.92 Å². The highest BCUT2D eigenvalue weighted by Crippen LogP contribution is 2.23. The van der Waals surface area contributed by atoms with Gasteiger partial charge in [0.25, 0.3) is 5.56 Å². The monoisotopic (exact) mass is 256 g/mol. The van der Waals surface area contributed by atoms with E-state index in [0.29, 0.717) is 18.9 Å². The lowest BCUT2D eigenvalue weighted by molar-refractivity contribution is -0.126. The molecular formula is C10H13ClN4O2. The molecule has 1 aliphatic rings. The molecule has 1 saturated heterocycles. The molecule has 0 N–H and O–H groups in total. The first-order valence-corrected chi connectivity index (χ1v) is 5.67. The molecule has 17 heavy (non-hydrogen) atoms. The highest BCUT2D eigenvalue weighted by molar-refractivity contribution is 6.33. The van der Waals surface area contributed by atoms with Gasteiger partial charge in [0.2, 0.25) is 5.91 Å². The minimum absolute atomic E-state index is 0.0317. The van der Waals surface area contributed by atoms with Crippen LogP contribution in [0.4, 0.5) is 5.69 Å². The number of carbonyl (C=O) groups excluding carboxylic acids is 1. The molecule has 0 saturated carbocycles. The van der Waals surface area contributed by atoms with Crippen LogP contribution in [0.5, 0.6) is 0 Å². The van der Waals surface area contributed by atoms with Crippen LogP contribution in [0.15, 0.2) is 11.0 Å². The third-order valence-corrected chi connectivity index (χ3v) is 3.16. The zero-order valence-corrected chi connectivity index (χ0v) is 10.4. The summed E-state index contributed by atoms with van der Waals surface area (Å²) in [7, 11) is 1.53. The number of rotatable bonds is 2. The van der Waals surface area contributed by atoms with E-state index in [4.69, 9.17) is 11.6 Å². The minimum atomic E-state index is -0.355. The number of amides is 1. The largest absolute Gasteiger partial charge is 0.342 e. The molecule has 6 nitrogen and oxygen atoms in total. The van der Waals surface area contributed by atoms with Crippen LogP contribution in [0, 0.1) is 0 Å². The average Bonchev–Trinajstić information content (AvgIpc) is 2.67. The summed E-state index contributed by atoms with van der Waals surface area (Å²) in [5.41, 5.74) is 0.158. The zero-order valence-electron chi connectivity index (χ0n) is 9.68. The summed E-state index contributed by atoms with van der Waals surface area (Å²) in [5, 5.41) is 4.01. The number of hydrogen-bond acceptors (Lipinski definition) is 4. The first-order valence-electron chi connectivity index (χ1n) is 5.29. The summed E-state index contributed by atoms with van der Waals surface area (Å²) >= 11 is 5.97. The van der Waals surface area contributed by atoms with Gasteiger partial charge in [-0.2, -0.15) is 5.10 Å². The Morgan fingerprint density at radius 2 is 2.18 bits per heavy atom. The molecule has 1 fully saturated rings. The van der Waals surface area contributed by atoms with Gasteiger partial charge in [-0.1, -0.05) is 11.6 Å². The standard InChI is InChI=1S/C10H13ClN4O2/c1-3-14-6-15(5-8(14)16)7-4-12-13(2)10(17)9(7)11/h4H,3,5-6H2,1-2H3. The molecule has 0 bridgehead atoms. The topological polar surface area (TPSA) is 58.4 Å². The molecule has 7 heteroatoms. The molecule has 1 aliphatic heterocycles. The molecule has 1 aromatic rings. The van der Waals surface area contributed by atoms with Gasteiger partial charge in [-0.25, -0.2) is 4.68 Å². The third-order valence-electron chi connectivity index (χ3n) is 2.80. The summed E-state index contributed by atoms with van der Waals surface area (Å²) in [6.07, 6.45) is 1.51. The molecule has 2 rings (SSSR count). The summed E-state index contributed by atoms with van der Waals surface area (Å²) in [6, 6.07) is 0. The predicted molar refractivity (Wildman–Crippen MR) is 64.1 cm³/mol. The predicted octanol–water partition coefficient (Wildman–Crippen LogP) is 0.0597. The fraction of sp³-hybridized carbons (Fsp3) is 0.500. The van der Waals surface area contributed by atoms with Crippen molar-refractivity contribution in [3.05, 3.63) is 21.6 Å². The minimum Gasteiger partial charge on any atom is -0.342 e. The van der Waals surface area contributed by atoms with Gasteiger partial charge in [0.15, 0.2) is 0 Å². The fourth-order valence-electron chi connectivity index (χ4n) is 1.76. The van der Waals surface area contributed by atoms with Crippen molar-refractivity contribution in [2.75, 3.05) is 24.7 Å². The summed E-state index contributed by atoms with van der Waals surface area (Å²) in [4.78, 5) is 26.7. The lowest BCUT2D eigenvalue weighted by Gasteiger charge is -2.18. The fourth-order valence-corrected chi connectivity index (χ4v) is 2.05. The van der Waals surface area contributed by atoms with Crippen LogP contribution < -0.4 is 10.5 Å². The smallest absolute Gasteiger partial charge is 0.287 e. The number of hydrogen-bond donors (Lipinski definition) is 0.